The molecule has 0 aromatic heterocycles. The summed E-state index contributed by atoms with van der Waals surface area (Å²) in [6.07, 6.45) is 0.423. The van der Waals surface area contributed by atoms with E-state index < -0.39 is 0 Å². The van der Waals surface area contributed by atoms with Crippen LogP contribution in [0, 0.1) is 0 Å². The molecule has 4 rings (SSSR count). The van der Waals surface area contributed by atoms with E-state index in [1.807, 2.05) is 0 Å². The van der Waals surface area contributed by atoms with Crippen LogP contribution in [0.2, 0.25) is 0 Å². The maximum Gasteiger partial charge on any atom is 0.120 e. The minimum absolute atomic E-state index is 0.423. The molecule has 2 aliphatic heterocycles. The summed E-state index contributed by atoms with van der Waals surface area (Å²) in [6.45, 7) is 2.04. The largest absolute Gasteiger partial charge is 0.199 e. The lowest BCUT2D eigenvalue weighted by molar-refractivity contribution is -0.191. The molecule has 2 aromatic carbocycles. The van der Waals surface area contributed by atoms with Gasteiger partial charge >= 0.3 is 0 Å². The van der Waals surface area contributed by atoms with Crippen LogP contribution in [-0.2, 0) is 6.54 Å². The Hall–Kier alpha value is -1.68. The second-order valence-corrected chi connectivity index (χ2v) is 4.82. The Labute approximate surface area is 107 Å². The van der Waals surface area contributed by atoms with Crippen molar-refractivity contribution < 1.29 is 0 Å². The third-order valence-electron chi connectivity index (χ3n) is 3.63. The van der Waals surface area contributed by atoms with Crippen molar-refractivity contribution in [3.05, 3.63) is 71.8 Å². The lowest BCUT2D eigenvalue weighted by Crippen LogP contribution is -2.48. The van der Waals surface area contributed by atoms with Gasteiger partial charge in [-0.2, -0.15) is 15.1 Å². The van der Waals surface area contributed by atoms with Crippen LogP contribution in [0.4, 0.5) is 0 Å². The van der Waals surface area contributed by atoms with Crippen molar-refractivity contribution in [2.24, 2.45) is 0 Å². The van der Waals surface area contributed by atoms with Crippen LogP contribution < -0.4 is 0 Å². The number of hydrogen-bond acceptors (Lipinski definition) is 3. The van der Waals surface area contributed by atoms with Crippen LogP contribution in [-0.4, -0.2) is 21.8 Å². The van der Waals surface area contributed by atoms with Gasteiger partial charge in [-0.3, -0.25) is 0 Å². The van der Waals surface area contributed by atoms with E-state index in [4.69, 9.17) is 0 Å². The first-order valence-electron chi connectivity index (χ1n) is 6.33. The maximum atomic E-state index is 2.42. The minimum Gasteiger partial charge on any atom is -0.199 e. The van der Waals surface area contributed by atoms with Crippen molar-refractivity contribution in [1.82, 2.24) is 15.1 Å². The Bertz CT molecular complexity index is 540. The van der Waals surface area contributed by atoms with Gasteiger partial charge in [0, 0.05) is 6.54 Å². The van der Waals surface area contributed by atoms with E-state index >= 15 is 0 Å². The number of hydrazine groups is 2. The van der Waals surface area contributed by atoms with E-state index in [2.05, 4.69) is 75.8 Å². The van der Waals surface area contributed by atoms with Crippen molar-refractivity contribution in [3.8, 4) is 0 Å². The molecule has 2 heterocycles. The van der Waals surface area contributed by atoms with E-state index in [1.54, 1.807) is 0 Å². The van der Waals surface area contributed by atoms with Crippen LogP contribution in [0.15, 0.2) is 60.7 Å². The highest BCUT2D eigenvalue weighted by molar-refractivity contribution is 5.22. The maximum absolute atomic E-state index is 2.42. The molecule has 0 saturated carbocycles. The van der Waals surface area contributed by atoms with Crippen LogP contribution in [0.5, 0.6) is 0 Å². The number of hydrogen-bond donors (Lipinski definition) is 0. The molecule has 90 valence electrons. The van der Waals surface area contributed by atoms with Gasteiger partial charge in [-0.15, -0.1) is 0 Å². The van der Waals surface area contributed by atoms with Crippen molar-refractivity contribution in [3.63, 3.8) is 0 Å². The van der Waals surface area contributed by atoms with Gasteiger partial charge in [0.2, 0.25) is 0 Å². The molecule has 3 unspecified atom stereocenters. The fourth-order valence-corrected chi connectivity index (χ4v) is 2.67. The number of nitrogens with zero attached hydrogens (tertiary/aromatic N) is 3. The first-order valence-corrected chi connectivity index (χ1v) is 6.33. The zero-order valence-electron chi connectivity index (χ0n) is 10.1. The monoisotopic (exact) mass is 237 g/mol. The molecule has 2 saturated heterocycles. The second kappa shape index (κ2) is 3.92. The van der Waals surface area contributed by atoms with Crippen LogP contribution in [0.25, 0.3) is 0 Å². The lowest BCUT2D eigenvalue weighted by Gasteiger charge is -2.41. The van der Waals surface area contributed by atoms with Gasteiger partial charge in [0.1, 0.15) is 6.17 Å². The summed E-state index contributed by atoms with van der Waals surface area (Å²) in [5.74, 6) is 0. The smallest absolute Gasteiger partial charge is 0.120 e. The normalized spacial score (nSPS) is 29.4. The Morgan fingerprint density at radius 2 is 1.56 bits per heavy atom. The number of benzene rings is 2. The van der Waals surface area contributed by atoms with Crippen LogP contribution in [0.3, 0.4) is 0 Å². The van der Waals surface area contributed by atoms with E-state index in [0.29, 0.717) is 6.17 Å². The van der Waals surface area contributed by atoms with Crippen molar-refractivity contribution >= 4 is 0 Å². The zero-order chi connectivity index (χ0) is 11.9. The van der Waals surface area contributed by atoms with Gasteiger partial charge in [0.05, 0.1) is 6.67 Å². The molecular weight excluding hydrogens is 222 g/mol. The molecule has 0 aliphatic carbocycles. The molecule has 0 amide bonds. The molecule has 2 aliphatic rings. The molecule has 3 heteroatoms. The summed E-state index contributed by atoms with van der Waals surface area (Å²) >= 11 is 0. The molecular formula is C15H15N3. The first kappa shape index (κ1) is 10.3. The summed E-state index contributed by atoms with van der Waals surface area (Å²) < 4.78 is 0. The topological polar surface area (TPSA) is 9.26 Å². The minimum atomic E-state index is 0.423. The molecule has 0 spiro atoms. The highest BCUT2D eigenvalue weighted by atomic mass is 16.1. The van der Waals surface area contributed by atoms with Crippen LogP contribution in [0.1, 0.15) is 17.3 Å². The van der Waals surface area contributed by atoms with Crippen molar-refractivity contribution in [2.75, 3.05) is 6.67 Å². The fraction of sp³-hybridized carbons (Fsp3) is 0.200. The average molecular weight is 237 g/mol. The third-order valence-corrected chi connectivity index (χ3v) is 3.63. The molecule has 3 atom stereocenters. The molecule has 18 heavy (non-hydrogen) atoms. The summed E-state index contributed by atoms with van der Waals surface area (Å²) in [4.78, 5) is 0. The standard InChI is InChI=1S/C15H15N3/c1-3-7-13(8-4-1)11-16-15(17-12-18(16)17)14-9-5-2-6-10-14/h1-10,15H,11-12H2. The Morgan fingerprint density at radius 1 is 0.889 bits per heavy atom. The number of fused-ring (bicyclic) bond motifs is 1. The summed E-state index contributed by atoms with van der Waals surface area (Å²) in [5.41, 5.74) is 2.74. The van der Waals surface area contributed by atoms with E-state index in [1.165, 1.54) is 11.1 Å². The van der Waals surface area contributed by atoms with Crippen molar-refractivity contribution in [2.45, 2.75) is 12.7 Å². The molecule has 3 nitrogen and oxygen atoms in total. The van der Waals surface area contributed by atoms with Gasteiger partial charge < -0.3 is 0 Å². The molecule has 0 N–H and O–H groups in total. The predicted molar refractivity (Wildman–Crippen MR) is 69.7 cm³/mol. The Morgan fingerprint density at radius 3 is 2.28 bits per heavy atom. The first-order chi connectivity index (χ1) is 8.93. The summed E-state index contributed by atoms with van der Waals surface area (Å²) in [7, 11) is 0. The third kappa shape index (κ3) is 1.56. The van der Waals surface area contributed by atoms with Crippen molar-refractivity contribution in [1.29, 1.82) is 0 Å². The van der Waals surface area contributed by atoms with Gasteiger partial charge in [0.25, 0.3) is 0 Å². The molecule has 2 fully saturated rings. The Balaban J connectivity index is 1.56. The highest BCUT2D eigenvalue weighted by Gasteiger charge is 2.56. The predicted octanol–water partition coefficient (Wildman–Crippen LogP) is 2.61. The van der Waals surface area contributed by atoms with Gasteiger partial charge in [-0.1, -0.05) is 60.7 Å². The molecule has 0 radical (unpaired) electrons. The fourth-order valence-electron chi connectivity index (χ4n) is 2.67. The van der Waals surface area contributed by atoms with Gasteiger partial charge in [0.15, 0.2) is 0 Å². The average Bonchev–Trinajstić information content (AvgIpc) is 3.13. The Kier molecular flexibility index (Phi) is 2.23. The van der Waals surface area contributed by atoms with Gasteiger partial charge in [-0.25, -0.2) is 0 Å². The van der Waals surface area contributed by atoms with E-state index in [9.17, 15) is 0 Å². The second-order valence-electron chi connectivity index (χ2n) is 4.82. The molecule has 0 bridgehead atoms. The van der Waals surface area contributed by atoms with Gasteiger partial charge in [-0.05, 0) is 11.1 Å². The summed E-state index contributed by atoms with van der Waals surface area (Å²) in [5, 5.41) is 7.09. The number of rotatable bonds is 3. The van der Waals surface area contributed by atoms with Crippen LogP contribution >= 0.6 is 0 Å². The summed E-state index contributed by atoms with van der Waals surface area (Å²) in [6, 6.07) is 21.4. The highest BCUT2D eigenvalue weighted by Crippen LogP contribution is 2.47. The molecule has 2 aromatic rings. The lowest BCUT2D eigenvalue weighted by atomic mass is 10.1. The van der Waals surface area contributed by atoms with E-state index in [-0.39, 0.29) is 0 Å². The van der Waals surface area contributed by atoms with E-state index in [0.717, 1.165) is 13.2 Å². The quantitative estimate of drug-likeness (QED) is 0.759. The zero-order valence-corrected chi connectivity index (χ0v) is 10.1. The SMILES string of the molecule is c1ccc(CN2C(c3ccccc3)N3CN23)cc1.